The van der Waals surface area contributed by atoms with E-state index in [-0.39, 0.29) is 11.7 Å². The van der Waals surface area contributed by atoms with Gasteiger partial charge in [-0.1, -0.05) is 30.9 Å². The van der Waals surface area contributed by atoms with Crippen LogP contribution in [-0.2, 0) is 9.53 Å². The SMILES string of the molecule is CC(C)=CC1CC(=O)CC2(CCCCC2)O1. The standard InChI is InChI=1S/C14H22O2/c1-11(2)8-13-9-12(15)10-14(16-13)6-4-3-5-7-14/h8,13H,3-7,9-10H2,1-2H3. The average Bonchev–Trinajstić information content (AvgIpc) is 2.15. The highest BCUT2D eigenvalue weighted by Crippen LogP contribution is 2.39. The second kappa shape index (κ2) is 4.70. The number of hydrogen-bond acceptors (Lipinski definition) is 2. The summed E-state index contributed by atoms with van der Waals surface area (Å²) in [6, 6.07) is 0. The van der Waals surface area contributed by atoms with Gasteiger partial charge >= 0.3 is 0 Å². The molecule has 0 aromatic rings. The number of allylic oxidation sites excluding steroid dienone is 1. The number of ketones is 1. The van der Waals surface area contributed by atoms with E-state index in [2.05, 4.69) is 19.9 Å². The van der Waals surface area contributed by atoms with Crippen molar-refractivity contribution in [2.45, 2.75) is 70.5 Å². The van der Waals surface area contributed by atoms with Crippen molar-refractivity contribution >= 4 is 5.78 Å². The molecule has 2 rings (SSSR count). The fraction of sp³-hybridized carbons (Fsp3) is 0.786. The molecule has 0 amide bonds. The van der Waals surface area contributed by atoms with Crippen LogP contribution >= 0.6 is 0 Å². The molecule has 2 fully saturated rings. The van der Waals surface area contributed by atoms with E-state index in [9.17, 15) is 4.79 Å². The second-order valence-electron chi connectivity index (χ2n) is 5.56. The lowest BCUT2D eigenvalue weighted by Gasteiger charge is -2.42. The van der Waals surface area contributed by atoms with Crippen molar-refractivity contribution in [3.63, 3.8) is 0 Å². The molecule has 1 aliphatic carbocycles. The molecule has 1 unspecified atom stereocenters. The first-order chi connectivity index (χ1) is 7.60. The van der Waals surface area contributed by atoms with Gasteiger partial charge in [-0.25, -0.2) is 0 Å². The van der Waals surface area contributed by atoms with Gasteiger partial charge in [0, 0.05) is 12.8 Å². The van der Waals surface area contributed by atoms with Crippen molar-refractivity contribution in [3.05, 3.63) is 11.6 Å². The predicted octanol–water partition coefficient (Wildman–Crippen LogP) is 3.40. The topological polar surface area (TPSA) is 26.3 Å². The molecule has 2 aliphatic rings. The molecule has 2 nitrogen and oxygen atoms in total. The summed E-state index contributed by atoms with van der Waals surface area (Å²) in [6.07, 6.45) is 9.25. The summed E-state index contributed by atoms with van der Waals surface area (Å²) in [7, 11) is 0. The maximum Gasteiger partial charge on any atom is 0.138 e. The summed E-state index contributed by atoms with van der Waals surface area (Å²) in [5.74, 6) is 0.385. The smallest absolute Gasteiger partial charge is 0.138 e. The molecule has 1 saturated carbocycles. The molecule has 1 aliphatic heterocycles. The molecule has 0 aromatic carbocycles. The molecule has 2 heteroatoms. The van der Waals surface area contributed by atoms with Crippen LogP contribution in [-0.4, -0.2) is 17.5 Å². The highest BCUT2D eigenvalue weighted by molar-refractivity contribution is 5.81. The zero-order valence-corrected chi connectivity index (χ0v) is 10.4. The molecule has 0 bridgehead atoms. The van der Waals surface area contributed by atoms with Crippen LogP contribution in [0.25, 0.3) is 0 Å². The van der Waals surface area contributed by atoms with Gasteiger partial charge < -0.3 is 4.74 Å². The van der Waals surface area contributed by atoms with Crippen molar-refractivity contribution in [2.75, 3.05) is 0 Å². The molecule has 1 saturated heterocycles. The molecule has 0 aromatic heterocycles. The fourth-order valence-corrected chi connectivity index (χ4v) is 3.02. The van der Waals surface area contributed by atoms with E-state index >= 15 is 0 Å². The minimum atomic E-state index is -0.107. The number of rotatable bonds is 1. The van der Waals surface area contributed by atoms with Gasteiger partial charge in [-0.05, 0) is 26.7 Å². The van der Waals surface area contributed by atoms with Crippen LogP contribution in [0.3, 0.4) is 0 Å². The van der Waals surface area contributed by atoms with Crippen LogP contribution in [0, 0.1) is 0 Å². The third-order valence-electron chi connectivity index (χ3n) is 3.63. The monoisotopic (exact) mass is 222 g/mol. The number of Topliss-reactive ketones (excluding diaryl/α,β-unsaturated/α-hetero) is 1. The summed E-state index contributed by atoms with van der Waals surface area (Å²) in [5, 5.41) is 0. The van der Waals surface area contributed by atoms with Gasteiger partial charge in [-0.3, -0.25) is 4.79 Å². The van der Waals surface area contributed by atoms with E-state index in [0.717, 1.165) is 12.8 Å². The number of hydrogen-bond donors (Lipinski definition) is 0. The van der Waals surface area contributed by atoms with Crippen molar-refractivity contribution in [1.29, 1.82) is 0 Å². The Balaban J connectivity index is 2.09. The Morgan fingerprint density at radius 2 is 2.00 bits per heavy atom. The zero-order valence-electron chi connectivity index (χ0n) is 10.4. The lowest BCUT2D eigenvalue weighted by atomic mass is 9.78. The predicted molar refractivity (Wildman–Crippen MR) is 64.4 cm³/mol. The van der Waals surface area contributed by atoms with Crippen molar-refractivity contribution in [2.24, 2.45) is 0 Å². The maximum atomic E-state index is 11.8. The molecule has 1 spiro atoms. The quantitative estimate of drug-likeness (QED) is 0.636. The first-order valence-electron chi connectivity index (χ1n) is 6.44. The molecule has 1 heterocycles. The van der Waals surface area contributed by atoms with Gasteiger partial charge in [0.05, 0.1) is 11.7 Å². The van der Waals surface area contributed by atoms with Crippen LogP contribution in [0.4, 0.5) is 0 Å². The van der Waals surface area contributed by atoms with E-state index in [0.29, 0.717) is 18.6 Å². The Morgan fingerprint density at radius 1 is 1.31 bits per heavy atom. The third kappa shape index (κ3) is 2.73. The zero-order chi connectivity index (χ0) is 11.6. The van der Waals surface area contributed by atoms with E-state index < -0.39 is 0 Å². The van der Waals surface area contributed by atoms with E-state index in [4.69, 9.17) is 4.74 Å². The number of carbonyl (C=O) groups is 1. The van der Waals surface area contributed by atoms with Gasteiger partial charge in [-0.2, -0.15) is 0 Å². The summed E-state index contributed by atoms with van der Waals surface area (Å²) >= 11 is 0. The minimum absolute atomic E-state index is 0.0318. The van der Waals surface area contributed by atoms with Crippen LogP contribution in [0.2, 0.25) is 0 Å². The largest absolute Gasteiger partial charge is 0.367 e. The average molecular weight is 222 g/mol. The normalized spacial score (nSPS) is 29.1. The van der Waals surface area contributed by atoms with Gasteiger partial charge in [-0.15, -0.1) is 0 Å². The Morgan fingerprint density at radius 3 is 2.62 bits per heavy atom. The molecule has 0 N–H and O–H groups in total. The minimum Gasteiger partial charge on any atom is -0.367 e. The molecular weight excluding hydrogens is 200 g/mol. The van der Waals surface area contributed by atoms with Crippen LogP contribution < -0.4 is 0 Å². The van der Waals surface area contributed by atoms with E-state index in [1.165, 1.54) is 24.8 Å². The Labute approximate surface area is 98.1 Å². The Kier molecular flexibility index (Phi) is 3.48. The van der Waals surface area contributed by atoms with Gasteiger partial charge in [0.15, 0.2) is 0 Å². The van der Waals surface area contributed by atoms with Crippen LogP contribution in [0.15, 0.2) is 11.6 Å². The molecule has 16 heavy (non-hydrogen) atoms. The van der Waals surface area contributed by atoms with Gasteiger partial charge in [0.25, 0.3) is 0 Å². The molecular formula is C14H22O2. The summed E-state index contributed by atoms with van der Waals surface area (Å²) in [6.45, 7) is 4.13. The lowest BCUT2D eigenvalue weighted by molar-refractivity contribution is -0.155. The first kappa shape index (κ1) is 11.8. The first-order valence-corrected chi connectivity index (χ1v) is 6.44. The number of carbonyl (C=O) groups excluding carboxylic acids is 1. The lowest BCUT2D eigenvalue weighted by Crippen LogP contribution is -2.45. The van der Waals surface area contributed by atoms with E-state index in [1.807, 2.05) is 0 Å². The Bertz CT molecular complexity index is 294. The highest BCUT2D eigenvalue weighted by Gasteiger charge is 2.40. The number of ether oxygens (including phenoxy) is 1. The van der Waals surface area contributed by atoms with Gasteiger partial charge in [0.2, 0.25) is 0 Å². The maximum absolute atomic E-state index is 11.8. The summed E-state index contributed by atoms with van der Waals surface area (Å²) < 4.78 is 6.20. The van der Waals surface area contributed by atoms with Crippen molar-refractivity contribution < 1.29 is 9.53 Å². The van der Waals surface area contributed by atoms with Gasteiger partial charge in [0.1, 0.15) is 5.78 Å². The highest BCUT2D eigenvalue weighted by atomic mass is 16.5. The third-order valence-corrected chi connectivity index (χ3v) is 3.63. The van der Waals surface area contributed by atoms with Crippen LogP contribution in [0.1, 0.15) is 58.8 Å². The Hall–Kier alpha value is -0.630. The van der Waals surface area contributed by atoms with Crippen LogP contribution in [0.5, 0.6) is 0 Å². The fourth-order valence-electron chi connectivity index (χ4n) is 3.02. The summed E-state index contributed by atoms with van der Waals surface area (Å²) in [5.41, 5.74) is 1.13. The van der Waals surface area contributed by atoms with Crippen molar-refractivity contribution in [1.82, 2.24) is 0 Å². The second-order valence-corrected chi connectivity index (χ2v) is 5.56. The van der Waals surface area contributed by atoms with E-state index in [1.54, 1.807) is 0 Å². The molecule has 90 valence electrons. The summed E-state index contributed by atoms with van der Waals surface area (Å²) in [4.78, 5) is 11.8. The van der Waals surface area contributed by atoms with Crippen molar-refractivity contribution in [3.8, 4) is 0 Å². The molecule has 0 radical (unpaired) electrons. The molecule has 1 atom stereocenters.